The van der Waals surface area contributed by atoms with Gasteiger partial charge < -0.3 is 4.98 Å². The SMILES string of the molecule is CC(c1ncc[nH]1)N1C(=O)CC(C)(C(C)C)C1=O. The second-order valence-corrected chi connectivity index (χ2v) is 5.47. The van der Waals surface area contributed by atoms with Crippen molar-refractivity contribution in [1.29, 1.82) is 0 Å². The first kappa shape index (κ1) is 12.8. The Balaban J connectivity index is 2.30. The molecule has 98 valence electrons. The van der Waals surface area contributed by atoms with Gasteiger partial charge in [0, 0.05) is 18.8 Å². The van der Waals surface area contributed by atoms with Crippen LogP contribution >= 0.6 is 0 Å². The molecule has 1 N–H and O–H groups in total. The lowest BCUT2D eigenvalue weighted by atomic mass is 9.78. The first-order valence-corrected chi connectivity index (χ1v) is 6.23. The molecule has 2 rings (SSSR count). The highest BCUT2D eigenvalue weighted by molar-refractivity contribution is 6.06. The Morgan fingerprint density at radius 2 is 2.06 bits per heavy atom. The summed E-state index contributed by atoms with van der Waals surface area (Å²) in [6, 6.07) is -0.333. The molecule has 18 heavy (non-hydrogen) atoms. The number of imide groups is 1. The lowest BCUT2D eigenvalue weighted by Crippen LogP contribution is -2.38. The largest absolute Gasteiger partial charge is 0.347 e. The zero-order valence-corrected chi connectivity index (χ0v) is 11.2. The van der Waals surface area contributed by atoms with E-state index in [0.717, 1.165) is 0 Å². The Labute approximate surface area is 107 Å². The number of amides is 2. The number of imidazole rings is 1. The third-order valence-electron chi connectivity index (χ3n) is 4.07. The highest BCUT2D eigenvalue weighted by Gasteiger charge is 2.51. The molecule has 2 heterocycles. The first-order valence-electron chi connectivity index (χ1n) is 6.23. The van der Waals surface area contributed by atoms with Crippen molar-refractivity contribution in [2.24, 2.45) is 11.3 Å². The van der Waals surface area contributed by atoms with E-state index in [1.807, 2.05) is 27.7 Å². The predicted octanol–water partition coefficient (Wildman–Crippen LogP) is 1.89. The number of hydrogen-bond acceptors (Lipinski definition) is 3. The molecule has 1 aromatic rings. The molecule has 1 aliphatic heterocycles. The third-order valence-corrected chi connectivity index (χ3v) is 4.07. The summed E-state index contributed by atoms with van der Waals surface area (Å²) in [5, 5.41) is 0. The minimum absolute atomic E-state index is 0.0913. The molecule has 5 nitrogen and oxygen atoms in total. The molecule has 0 spiro atoms. The Morgan fingerprint density at radius 1 is 1.39 bits per heavy atom. The summed E-state index contributed by atoms with van der Waals surface area (Å²) in [6.45, 7) is 7.64. The minimum atomic E-state index is -0.585. The van der Waals surface area contributed by atoms with Crippen molar-refractivity contribution in [1.82, 2.24) is 14.9 Å². The predicted molar refractivity (Wildman–Crippen MR) is 66.4 cm³/mol. The summed E-state index contributed by atoms with van der Waals surface area (Å²) < 4.78 is 0. The maximum atomic E-state index is 12.5. The highest BCUT2D eigenvalue weighted by atomic mass is 16.2. The molecule has 1 aromatic heterocycles. The topological polar surface area (TPSA) is 66.1 Å². The van der Waals surface area contributed by atoms with Gasteiger partial charge in [-0.05, 0) is 19.8 Å². The number of aromatic nitrogens is 2. The Kier molecular flexibility index (Phi) is 3.00. The van der Waals surface area contributed by atoms with Gasteiger partial charge in [0.15, 0.2) is 0 Å². The average molecular weight is 249 g/mol. The van der Waals surface area contributed by atoms with Crippen molar-refractivity contribution in [3.05, 3.63) is 18.2 Å². The average Bonchev–Trinajstić information content (AvgIpc) is 2.87. The van der Waals surface area contributed by atoms with Crippen molar-refractivity contribution in [2.75, 3.05) is 0 Å². The molecular formula is C13H19N3O2. The van der Waals surface area contributed by atoms with Gasteiger partial charge in [0.05, 0.1) is 11.5 Å². The van der Waals surface area contributed by atoms with Gasteiger partial charge in [-0.2, -0.15) is 0 Å². The van der Waals surface area contributed by atoms with Gasteiger partial charge in [-0.15, -0.1) is 0 Å². The monoisotopic (exact) mass is 249 g/mol. The molecular weight excluding hydrogens is 230 g/mol. The van der Waals surface area contributed by atoms with Crippen LogP contribution in [0, 0.1) is 11.3 Å². The van der Waals surface area contributed by atoms with Crippen molar-refractivity contribution in [2.45, 2.75) is 40.2 Å². The summed E-state index contributed by atoms with van der Waals surface area (Å²) in [4.78, 5) is 33.0. The van der Waals surface area contributed by atoms with Crippen LogP contribution in [0.4, 0.5) is 0 Å². The highest BCUT2D eigenvalue weighted by Crippen LogP contribution is 2.42. The number of nitrogens with zero attached hydrogens (tertiary/aromatic N) is 2. The van der Waals surface area contributed by atoms with Crippen LogP contribution in [0.2, 0.25) is 0 Å². The quantitative estimate of drug-likeness (QED) is 0.832. The molecule has 0 radical (unpaired) electrons. The van der Waals surface area contributed by atoms with Crippen molar-refractivity contribution >= 4 is 11.8 Å². The van der Waals surface area contributed by atoms with Crippen molar-refractivity contribution in [3.8, 4) is 0 Å². The normalized spacial score (nSPS) is 26.2. The number of carbonyl (C=O) groups is 2. The second kappa shape index (κ2) is 4.23. The molecule has 1 fully saturated rings. The van der Waals surface area contributed by atoms with Crippen LogP contribution in [0.5, 0.6) is 0 Å². The van der Waals surface area contributed by atoms with Gasteiger partial charge in [-0.25, -0.2) is 4.98 Å². The summed E-state index contributed by atoms with van der Waals surface area (Å²) in [5.41, 5.74) is -0.585. The van der Waals surface area contributed by atoms with Gasteiger partial charge in [-0.1, -0.05) is 13.8 Å². The van der Waals surface area contributed by atoms with Crippen LogP contribution < -0.4 is 0 Å². The fraction of sp³-hybridized carbons (Fsp3) is 0.615. The number of likely N-dealkylation sites (tertiary alicyclic amines) is 1. The molecule has 2 atom stereocenters. The van der Waals surface area contributed by atoms with E-state index < -0.39 is 5.41 Å². The van der Waals surface area contributed by atoms with E-state index in [-0.39, 0.29) is 30.2 Å². The van der Waals surface area contributed by atoms with Gasteiger partial charge in [-0.3, -0.25) is 14.5 Å². The maximum absolute atomic E-state index is 12.5. The lowest BCUT2D eigenvalue weighted by molar-refractivity contribution is -0.144. The third kappa shape index (κ3) is 1.74. The molecule has 5 heteroatoms. The molecule has 0 bridgehead atoms. The number of carbonyl (C=O) groups excluding carboxylic acids is 2. The van der Waals surface area contributed by atoms with Gasteiger partial charge in [0.2, 0.25) is 11.8 Å². The first-order chi connectivity index (χ1) is 8.38. The summed E-state index contributed by atoms with van der Waals surface area (Å²) >= 11 is 0. The minimum Gasteiger partial charge on any atom is -0.347 e. The lowest BCUT2D eigenvalue weighted by Gasteiger charge is -2.28. The van der Waals surface area contributed by atoms with Crippen LogP contribution in [0.3, 0.4) is 0 Å². The zero-order chi connectivity index (χ0) is 13.5. The summed E-state index contributed by atoms with van der Waals surface area (Å²) in [6.07, 6.45) is 3.60. The smallest absolute Gasteiger partial charge is 0.236 e. The van der Waals surface area contributed by atoms with Crippen LogP contribution in [0.1, 0.15) is 46.0 Å². The number of H-pyrrole nitrogens is 1. The van der Waals surface area contributed by atoms with E-state index in [2.05, 4.69) is 9.97 Å². The van der Waals surface area contributed by atoms with E-state index in [4.69, 9.17) is 0 Å². The van der Waals surface area contributed by atoms with Crippen LogP contribution in [0.25, 0.3) is 0 Å². The van der Waals surface area contributed by atoms with E-state index in [1.54, 1.807) is 12.4 Å². The molecule has 1 saturated heterocycles. The number of hydrogen-bond donors (Lipinski definition) is 1. The number of nitrogens with one attached hydrogen (secondary N) is 1. The van der Waals surface area contributed by atoms with Crippen molar-refractivity contribution in [3.63, 3.8) is 0 Å². The van der Waals surface area contributed by atoms with Crippen molar-refractivity contribution < 1.29 is 9.59 Å². The van der Waals surface area contributed by atoms with Crippen LogP contribution in [-0.4, -0.2) is 26.7 Å². The molecule has 0 aromatic carbocycles. The van der Waals surface area contributed by atoms with Gasteiger partial charge in [0.25, 0.3) is 0 Å². The fourth-order valence-corrected chi connectivity index (χ4v) is 2.33. The maximum Gasteiger partial charge on any atom is 0.236 e. The second-order valence-electron chi connectivity index (χ2n) is 5.47. The Morgan fingerprint density at radius 3 is 2.50 bits per heavy atom. The number of aromatic amines is 1. The zero-order valence-electron chi connectivity index (χ0n) is 11.2. The van der Waals surface area contributed by atoms with E-state index in [9.17, 15) is 9.59 Å². The standard InChI is InChI=1S/C13H19N3O2/c1-8(2)13(4)7-10(17)16(12(13)18)9(3)11-14-5-6-15-11/h5-6,8-9H,7H2,1-4H3,(H,14,15). The van der Waals surface area contributed by atoms with E-state index >= 15 is 0 Å². The summed E-state index contributed by atoms with van der Waals surface area (Å²) in [5.74, 6) is 0.582. The van der Waals surface area contributed by atoms with Gasteiger partial charge >= 0.3 is 0 Å². The summed E-state index contributed by atoms with van der Waals surface area (Å²) in [7, 11) is 0. The molecule has 2 amide bonds. The van der Waals surface area contributed by atoms with E-state index in [0.29, 0.717) is 5.82 Å². The van der Waals surface area contributed by atoms with Crippen LogP contribution in [-0.2, 0) is 9.59 Å². The molecule has 0 saturated carbocycles. The number of rotatable bonds is 3. The Bertz CT molecular complexity index is 467. The van der Waals surface area contributed by atoms with Gasteiger partial charge in [0.1, 0.15) is 5.82 Å². The molecule has 1 aliphatic rings. The Hall–Kier alpha value is -1.65. The van der Waals surface area contributed by atoms with Crippen LogP contribution in [0.15, 0.2) is 12.4 Å². The van der Waals surface area contributed by atoms with E-state index in [1.165, 1.54) is 4.90 Å². The molecule has 0 aliphatic carbocycles. The molecule has 2 unspecified atom stereocenters. The fourth-order valence-electron chi connectivity index (χ4n) is 2.33.